The molecule has 16 heavy (non-hydrogen) atoms. The van der Waals surface area contributed by atoms with Crippen molar-refractivity contribution in [2.75, 3.05) is 7.11 Å². The fraction of sp³-hybridized carbons (Fsp3) is 0.500. The quantitative estimate of drug-likeness (QED) is 0.582. The summed E-state index contributed by atoms with van der Waals surface area (Å²) in [6, 6.07) is 2.96. The number of carbonyl (C=O) groups is 2. The van der Waals surface area contributed by atoms with Gasteiger partial charge >= 0.3 is 5.97 Å². The van der Waals surface area contributed by atoms with Gasteiger partial charge in [-0.1, -0.05) is 20.8 Å². The van der Waals surface area contributed by atoms with Crippen LogP contribution < -0.4 is 0 Å². The Morgan fingerprint density at radius 2 is 1.88 bits per heavy atom. The van der Waals surface area contributed by atoms with E-state index in [9.17, 15) is 9.59 Å². The molecule has 0 N–H and O–H groups in total. The molecule has 0 radical (unpaired) electrons. The van der Waals surface area contributed by atoms with Crippen LogP contribution in [-0.4, -0.2) is 18.9 Å². The predicted molar refractivity (Wildman–Crippen MR) is 58.5 cm³/mol. The summed E-state index contributed by atoms with van der Waals surface area (Å²) in [5.41, 5.74) is -0.481. The number of carbonyl (C=O) groups excluding carboxylic acids is 2. The molecule has 1 aromatic rings. The molecule has 0 spiro atoms. The number of ketones is 1. The molecule has 0 fully saturated rings. The maximum absolute atomic E-state index is 12.0. The first-order chi connectivity index (χ1) is 7.42. The Morgan fingerprint density at radius 1 is 1.31 bits per heavy atom. The van der Waals surface area contributed by atoms with Crippen molar-refractivity contribution in [3.63, 3.8) is 0 Å². The normalized spacial score (nSPS) is 11.2. The van der Waals surface area contributed by atoms with Gasteiger partial charge < -0.3 is 9.15 Å². The maximum Gasteiger partial charge on any atom is 0.373 e. The zero-order valence-electron chi connectivity index (χ0n) is 9.99. The molecule has 4 heteroatoms. The number of ether oxygens (including phenoxy) is 1. The van der Waals surface area contributed by atoms with Gasteiger partial charge in [0.05, 0.1) is 7.11 Å². The predicted octanol–water partition coefficient (Wildman–Crippen LogP) is 2.69. The molecule has 0 bridgehead atoms. The molecule has 0 atom stereocenters. The highest BCUT2D eigenvalue weighted by Gasteiger charge is 2.29. The number of esters is 1. The van der Waals surface area contributed by atoms with Gasteiger partial charge in [0.15, 0.2) is 5.76 Å². The summed E-state index contributed by atoms with van der Waals surface area (Å²) in [6.07, 6.45) is 0.708. The van der Waals surface area contributed by atoms with Gasteiger partial charge in [0, 0.05) is 5.41 Å². The molecule has 0 saturated carbocycles. The molecule has 1 heterocycles. The van der Waals surface area contributed by atoms with Crippen LogP contribution in [0.4, 0.5) is 0 Å². The summed E-state index contributed by atoms with van der Waals surface area (Å²) in [6.45, 7) is 5.62. The van der Waals surface area contributed by atoms with Gasteiger partial charge in [0.2, 0.25) is 11.5 Å². The lowest BCUT2D eigenvalue weighted by Crippen LogP contribution is -2.22. The molecule has 1 aromatic heterocycles. The average molecular weight is 224 g/mol. The van der Waals surface area contributed by atoms with Crippen molar-refractivity contribution >= 4 is 11.8 Å². The fourth-order valence-corrected chi connectivity index (χ4v) is 1.16. The number of hydrogen-bond acceptors (Lipinski definition) is 4. The molecule has 0 unspecified atom stereocenters. The van der Waals surface area contributed by atoms with E-state index in [1.54, 1.807) is 0 Å². The molecule has 1 rings (SSSR count). The van der Waals surface area contributed by atoms with Crippen molar-refractivity contribution in [1.82, 2.24) is 0 Å². The summed E-state index contributed by atoms with van der Waals surface area (Å²) in [5.74, 6) is -0.427. The smallest absolute Gasteiger partial charge is 0.373 e. The van der Waals surface area contributed by atoms with E-state index < -0.39 is 11.4 Å². The zero-order valence-corrected chi connectivity index (χ0v) is 9.99. The van der Waals surface area contributed by atoms with Gasteiger partial charge in [-0.3, -0.25) is 4.79 Å². The van der Waals surface area contributed by atoms with Gasteiger partial charge in [-0.05, 0) is 18.6 Å². The van der Waals surface area contributed by atoms with Gasteiger partial charge in [-0.2, -0.15) is 0 Å². The molecule has 0 saturated heterocycles. The minimum atomic E-state index is -0.576. The summed E-state index contributed by atoms with van der Waals surface area (Å²) < 4.78 is 9.66. The number of Topliss-reactive ketones (excluding diaryl/α,β-unsaturated/α-hetero) is 1. The number of hydrogen-bond donors (Lipinski definition) is 0. The highest BCUT2D eigenvalue weighted by atomic mass is 16.5. The Bertz CT molecular complexity index is 401. The second-order valence-electron chi connectivity index (χ2n) is 4.22. The minimum Gasteiger partial charge on any atom is -0.463 e. The zero-order chi connectivity index (χ0) is 12.3. The van der Waals surface area contributed by atoms with E-state index >= 15 is 0 Å². The molecule has 0 aliphatic rings. The molecular formula is C12H16O4. The summed E-state index contributed by atoms with van der Waals surface area (Å²) in [5, 5.41) is 0. The molecule has 0 aliphatic carbocycles. The number of rotatable bonds is 4. The third kappa shape index (κ3) is 2.32. The Morgan fingerprint density at radius 3 is 2.38 bits per heavy atom. The van der Waals surface area contributed by atoms with Crippen LogP contribution in [0.2, 0.25) is 0 Å². The Hall–Kier alpha value is -1.58. The lowest BCUT2D eigenvalue weighted by atomic mass is 9.84. The van der Waals surface area contributed by atoms with Crippen LogP contribution in [0, 0.1) is 5.41 Å². The first kappa shape index (κ1) is 12.5. The van der Waals surface area contributed by atoms with Crippen LogP contribution >= 0.6 is 0 Å². The third-order valence-corrected chi connectivity index (χ3v) is 2.71. The number of methoxy groups -OCH3 is 1. The van der Waals surface area contributed by atoms with Gasteiger partial charge in [0.25, 0.3) is 0 Å². The van der Waals surface area contributed by atoms with E-state index in [4.69, 9.17) is 4.42 Å². The van der Waals surface area contributed by atoms with Crippen LogP contribution in [0.25, 0.3) is 0 Å². The standard InChI is InChI=1S/C12H16O4/c1-5-12(2,3)10(13)8-6-7-9(16-8)11(14)15-4/h6-7H,5H2,1-4H3. The highest BCUT2D eigenvalue weighted by Crippen LogP contribution is 2.26. The molecule has 0 amide bonds. The van der Waals surface area contributed by atoms with E-state index in [-0.39, 0.29) is 17.3 Å². The van der Waals surface area contributed by atoms with E-state index in [0.29, 0.717) is 6.42 Å². The van der Waals surface area contributed by atoms with Gasteiger partial charge in [-0.15, -0.1) is 0 Å². The molecule has 88 valence electrons. The van der Waals surface area contributed by atoms with E-state index in [0.717, 1.165) is 0 Å². The first-order valence-electron chi connectivity index (χ1n) is 5.15. The average Bonchev–Trinajstić information content (AvgIpc) is 2.76. The largest absolute Gasteiger partial charge is 0.463 e. The van der Waals surface area contributed by atoms with Crippen LogP contribution in [0.15, 0.2) is 16.5 Å². The topological polar surface area (TPSA) is 56.5 Å². The summed E-state index contributed by atoms with van der Waals surface area (Å²) in [4.78, 5) is 23.1. The Labute approximate surface area is 94.6 Å². The van der Waals surface area contributed by atoms with E-state index in [1.165, 1.54) is 19.2 Å². The summed E-state index contributed by atoms with van der Waals surface area (Å²) in [7, 11) is 1.27. The lowest BCUT2D eigenvalue weighted by molar-refractivity contribution is 0.0561. The lowest BCUT2D eigenvalue weighted by Gasteiger charge is -2.18. The van der Waals surface area contributed by atoms with E-state index in [1.807, 2.05) is 20.8 Å². The molecular weight excluding hydrogens is 208 g/mol. The van der Waals surface area contributed by atoms with Crippen molar-refractivity contribution in [3.8, 4) is 0 Å². The Balaban J connectivity index is 2.95. The van der Waals surface area contributed by atoms with Crippen LogP contribution in [0.1, 0.15) is 48.3 Å². The Kier molecular flexibility index (Phi) is 3.52. The highest BCUT2D eigenvalue weighted by molar-refractivity contribution is 5.98. The van der Waals surface area contributed by atoms with Crippen LogP contribution in [-0.2, 0) is 4.74 Å². The summed E-state index contributed by atoms with van der Waals surface area (Å²) >= 11 is 0. The van der Waals surface area contributed by atoms with Crippen LogP contribution in [0.5, 0.6) is 0 Å². The van der Waals surface area contributed by atoms with Crippen molar-refractivity contribution in [3.05, 3.63) is 23.7 Å². The van der Waals surface area contributed by atoms with Crippen molar-refractivity contribution in [1.29, 1.82) is 0 Å². The minimum absolute atomic E-state index is 0.0535. The van der Waals surface area contributed by atoms with Crippen molar-refractivity contribution in [2.24, 2.45) is 5.41 Å². The second-order valence-corrected chi connectivity index (χ2v) is 4.22. The SMILES string of the molecule is CCC(C)(C)C(=O)c1ccc(C(=O)OC)o1. The van der Waals surface area contributed by atoms with Crippen molar-refractivity contribution < 1.29 is 18.7 Å². The van der Waals surface area contributed by atoms with Gasteiger partial charge in [0.1, 0.15) is 0 Å². The number of furan rings is 1. The fourth-order valence-electron chi connectivity index (χ4n) is 1.16. The maximum atomic E-state index is 12.0. The molecule has 4 nitrogen and oxygen atoms in total. The monoisotopic (exact) mass is 224 g/mol. The molecule has 0 aliphatic heterocycles. The van der Waals surface area contributed by atoms with Gasteiger partial charge in [-0.25, -0.2) is 4.79 Å². The van der Waals surface area contributed by atoms with Crippen LogP contribution in [0.3, 0.4) is 0 Å². The second kappa shape index (κ2) is 4.51. The van der Waals surface area contributed by atoms with Crippen molar-refractivity contribution in [2.45, 2.75) is 27.2 Å². The van der Waals surface area contributed by atoms with E-state index in [2.05, 4.69) is 4.74 Å². The molecule has 0 aromatic carbocycles. The first-order valence-corrected chi connectivity index (χ1v) is 5.15. The third-order valence-electron chi connectivity index (χ3n) is 2.71.